The van der Waals surface area contributed by atoms with Gasteiger partial charge in [0, 0.05) is 24.7 Å². The Balaban J connectivity index is 1.41. The standard InChI is InChI=1S/C38H54ClN9O8/c1-7-11-25(29(49)33(52)41-23-15-16-23)42-31(50)26-18-24(56-27-17-14-22(39)19-40-27)20-48(26)34(53)30(38(2,3)4)44-32(51)28(21-12-9-8-10-13-21)43-35-45-36(54-5)47-37(46-35)55-6/h14,17,19,21,23-26,28,30H,7-13,15-16,18,20H2,1-6H3,(H,41,52)(H,42,50)(H,44,51)(H,43,45,46,47)/t24-,25+,26+,28+,30-/m1/s1. The highest BCUT2D eigenvalue weighted by Crippen LogP contribution is 2.31. The minimum absolute atomic E-state index is 0.000224. The van der Waals surface area contributed by atoms with Gasteiger partial charge in [-0.15, -0.1) is 4.98 Å². The van der Waals surface area contributed by atoms with E-state index in [0.29, 0.717) is 11.4 Å². The summed E-state index contributed by atoms with van der Waals surface area (Å²) in [6, 6.07) is -0.961. The van der Waals surface area contributed by atoms with Crippen LogP contribution < -0.4 is 35.5 Å². The van der Waals surface area contributed by atoms with Crippen LogP contribution >= 0.6 is 11.6 Å². The molecule has 0 aromatic carbocycles. The summed E-state index contributed by atoms with van der Waals surface area (Å²) < 4.78 is 16.6. The van der Waals surface area contributed by atoms with Crippen molar-refractivity contribution in [3.8, 4) is 17.9 Å². The zero-order valence-corrected chi connectivity index (χ0v) is 33.7. The number of halogens is 1. The molecule has 3 fully saturated rings. The van der Waals surface area contributed by atoms with E-state index in [-0.39, 0.29) is 55.2 Å². The van der Waals surface area contributed by atoms with Crippen LogP contribution in [-0.2, 0) is 24.0 Å². The van der Waals surface area contributed by atoms with Crippen molar-refractivity contribution in [3.63, 3.8) is 0 Å². The number of Topliss-reactive ketones (excluding diaryl/α,β-unsaturated/α-hetero) is 1. The topological polar surface area (TPSA) is 216 Å². The number of ketones is 1. The van der Waals surface area contributed by atoms with Gasteiger partial charge in [0.1, 0.15) is 24.2 Å². The molecule has 0 bridgehead atoms. The lowest BCUT2D eigenvalue weighted by atomic mass is 9.82. The molecule has 1 saturated heterocycles. The van der Waals surface area contributed by atoms with E-state index in [9.17, 15) is 24.0 Å². The lowest BCUT2D eigenvalue weighted by molar-refractivity contribution is -0.145. The Labute approximate surface area is 332 Å². The predicted molar refractivity (Wildman–Crippen MR) is 205 cm³/mol. The van der Waals surface area contributed by atoms with Gasteiger partial charge in [0.25, 0.3) is 5.91 Å². The molecule has 2 aromatic heterocycles. The molecule has 18 heteroatoms. The lowest BCUT2D eigenvalue weighted by Gasteiger charge is -2.37. The summed E-state index contributed by atoms with van der Waals surface area (Å²) in [5.41, 5.74) is -0.831. The van der Waals surface area contributed by atoms with Crippen molar-refractivity contribution in [2.24, 2.45) is 11.3 Å². The van der Waals surface area contributed by atoms with Gasteiger partial charge in [0.2, 0.25) is 35.3 Å². The average molecular weight is 800 g/mol. The molecule has 306 valence electrons. The molecule has 0 radical (unpaired) electrons. The first-order valence-corrected chi connectivity index (χ1v) is 19.7. The number of likely N-dealkylation sites (tertiary alicyclic amines) is 1. The minimum atomic E-state index is -1.11. The third kappa shape index (κ3) is 11.2. The number of hydrogen-bond donors (Lipinski definition) is 4. The van der Waals surface area contributed by atoms with Crippen LogP contribution in [0, 0.1) is 11.3 Å². The molecule has 0 spiro atoms. The molecule has 1 aliphatic heterocycles. The summed E-state index contributed by atoms with van der Waals surface area (Å²) in [6.45, 7) is 7.30. The van der Waals surface area contributed by atoms with E-state index < -0.39 is 65.1 Å². The van der Waals surface area contributed by atoms with Crippen LogP contribution in [-0.4, -0.2) is 111 Å². The number of aromatic nitrogens is 4. The van der Waals surface area contributed by atoms with Gasteiger partial charge in [-0.2, -0.15) is 9.97 Å². The third-order valence-electron chi connectivity index (χ3n) is 10.2. The van der Waals surface area contributed by atoms with Gasteiger partial charge in [-0.1, -0.05) is 65.0 Å². The van der Waals surface area contributed by atoms with E-state index in [1.807, 2.05) is 27.7 Å². The first-order valence-electron chi connectivity index (χ1n) is 19.3. The first kappa shape index (κ1) is 42.3. The van der Waals surface area contributed by atoms with Crippen LogP contribution in [0.1, 0.15) is 91.9 Å². The largest absolute Gasteiger partial charge is 0.472 e. The van der Waals surface area contributed by atoms with Crippen LogP contribution in [0.5, 0.6) is 17.9 Å². The first-order chi connectivity index (χ1) is 26.7. The Hall–Kier alpha value is -4.80. The monoisotopic (exact) mass is 799 g/mol. The number of pyridine rings is 1. The normalized spacial score (nSPS) is 20.2. The van der Waals surface area contributed by atoms with E-state index in [4.69, 9.17) is 25.8 Å². The molecular weight excluding hydrogens is 746 g/mol. The quantitative estimate of drug-likeness (QED) is 0.170. The number of hydrogen-bond acceptors (Lipinski definition) is 13. The highest BCUT2D eigenvalue weighted by atomic mass is 35.5. The molecule has 2 saturated carbocycles. The van der Waals surface area contributed by atoms with Crippen LogP contribution in [0.15, 0.2) is 18.3 Å². The van der Waals surface area contributed by atoms with Crippen molar-refractivity contribution in [1.29, 1.82) is 0 Å². The molecule has 56 heavy (non-hydrogen) atoms. The van der Waals surface area contributed by atoms with Crippen LogP contribution in [0.2, 0.25) is 5.02 Å². The maximum Gasteiger partial charge on any atom is 0.324 e. The van der Waals surface area contributed by atoms with E-state index in [0.717, 1.165) is 44.9 Å². The number of ether oxygens (including phenoxy) is 3. The van der Waals surface area contributed by atoms with Crippen molar-refractivity contribution in [2.45, 2.75) is 128 Å². The van der Waals surface area contributed by atoms with Crippen LogP contribution in [0.25, 0.3) is 0 Å². The average Bonchev–Trinajstić information content (AvgIpc) is 3.90. The van der Waals surface area contributed by atoms with Gasteiger partial charge < -0.3 is 40.4 Å². The van der Waals surface area contributed by atoms with Gasteiger partial charge in [0.05, 0.1) is 31.8 Å². The maximum atomic E-state index is 14.8. The fraction of sp³-hybridized carbons (Fsp3) is 0.658. The summed E-state index contributed by atoms with van der Waals surface area (Å²) in [5.74, 6) is -2.84. The molecule has 5 rings (SSSR count). The van der Waals surface area contributed by atoms with Crippen molar-refractivity contribution < 1.29 is 38.2 Å². The van der Waals surface area contributed by atoms with Crippen molar-refractivity contribution in [1.82, 2.24) is 40.8 Å². The number of methoxy groups -OCH3 is 2. The summed E-state index contributed by atoms with van der Waals surface area (Å²) >= 11 is 6.03. The van der Waals surface area contributed by atoms with E-state index in [1.165, 1.54) is 25.3 Å². The number of carbonyl (C=O) groups excluding carboxylic acids is 5. The number of rotatable bonds is 17. The molecular formula is C38H54ClN9O8. The van der Waals surface area contributed by atoms with Crippen molar-refractivity contribution in [2.75, 3.05) is 26.1 Å². The highest BCUT2D eigenvalue weighted by molar-refractivity contribution is 6.38. The number of amides is 4. The third-order valence-corrected chi connectivity index (χ3v) is 10.5. The van der Waals surface area contributed by atoms with E-state index in [2.05, 4.69) is 41.2 Å². The molecule has 0 unspecified atom stereocenters. The smallest absolute Gasteiger partial charge is 0.324 e. The minimum Gasteiger partial charge on any atom is -0.472 e. The summed E-state index contributed by atoms with van der Waals surface area (Å²) in [6.07, 6.45) is 7.60. The Kier molecular flexibility index (Phi) is 14.3. The summed E-state index contributed by atoms with van der Waals surface area (Å²) in [5, 5.41) is 12.1. The van der Waals surface area contributed by atoms with Crippen LogP contribution in [0.3, 0.4) is 0 Å². The summed E-state index contributed by atoms with van der Waals surface area (Å²) in [7, 11) is 2.81. The number of carbonyl (C=O) groups is 5. The molecule has 17 nitrogen and oxygen atoms in total. The second-order valence-corrected chi connectivity index (χ2v) is 16.2. The van der Waals surface area contributed by atoms with Gasteiger partial charge >= 0.3 is 12.0 Å². The highest BCUT2D eigenvalue weighted by Gasteiger charge is 2.47. The van der Waals surface area contributed by atoms with Crippen molar-refractivity contribution in [3.05, 3.63) is 23.4 Å². The molecule has 2 aromatic rings. The van der Waals surface area contributed by atoms with Crippen LogP contribution in [0.4, 0.5) is 5.95 Å². The fourth-order valence-electron chi connectivity index (χ4n) is 7.08. The second-order valence-electron chi connectivity index (χ2n) is 15.7. The Morgan fingerprint density at radius 1 is 0.946 bits per heavy atom. The molecule has 2 aliphatic carbocycles. The maximum absolute atomic E-state index is 14.8. The van der Waals surface area contributed by atoms with Gasteiger partial charge in [-0.3, -0.25) is 24.0 Å². The predicted octanol–water partition coefficient (Wildman–Crippen LogP) is 3.01. The number of nitrogens with zero attached hydrogens (tertiary/aromatic N) is 5. The molecule has 3 heterocycles. The van der Waals surface area contributed by atoms with Crippen molar-refractivity contribution >= 4 is 47.0 Å². The molecule has 5 atom stereocenters. The zero-order chi connectivity index (χ0) is 40.6. The fourth-order valence-corrected chi connectivity index (χ4v) is 7.19. The number of nitrogens with one attached hydrogen (secondary N) is 4. The van der Waals surface area contributed by atoms with E-state index in [1.54, 1.807) is 12.1 Å². The van der Waals surface area contributed by atoms with E-state index >= 15 is 0 Å². The molecule has 3 aliphatic rings. The summed E-state index contributed by atoms with van der Waals surface area (Å²) in [4.78, 5) is 87.6. The second kappa shape index (κ2) is 18.9. The molecule has 4 N–H and O–H groups in total. The zero-order valence-electron chi connectivity index (χ0n) is 32.9. The lowest BCUT2D eigenvalue weighted by Crippen LogP contribution is -2.61. The SMILES string of the molecule is CCC[C@H](NC(=O)[C@@H]1C[C@@H](Oc2ccc(Cl)cn2)CN1C(=O)[C@@H](NC(=O)[C@@H](Nc1nc(OC)nc(OC)n1)C1CCCCC1)C(C)(C)C)C(=O)C(=O)NC1CC1. The molecule has 4 amide bonds. The Morgan fingerprint density at radius 2 is 1.62 bits per heavy atom. The Bertz CT molecular complexity index is 1690. The Morgan fingerprint density at radius 3 is 2.20 bits per heavy atom. The van der Waals surface area contributed by atoms with Gasteiger partial charge in [-0.25, -0.2) is 4.98 Å². The number of anilines is 1. The van der Waals surface area contributed by atoms with Gasteiger partial charge in [0.15, 0.2) is 0 Å². The van der Waals surface area contributed by atoms with Gasteiger partial charge in [-0.05, 0) is 49.5 Å².